The molecule has 19 heteroatoms. The number of pyridine rings is 2. The van der Waals surface area contributed by atoms with Gasteiger partial charge >= 0.3 is 11.9 Å². The van der Waals surface area contributed by atoms with E-state index >= 15 is 0 Å². The number of esters is 2. The number of piperazine rings is 2. The summed E-state index contributed by atoms with van der Waals surface area (Å²) in [6, 6.07) is 15.1. The van der Waals surface area contributed by atoms with E-state index in [0.29, 0.717) is 46.3 Å². The summed E-state index contributed by atoms with van der Waals surface area (Å²) < 4.78 is 25.2. The number of nitrogens with one attached hydrogen (secondary N) is 2. The van der Waals surface area contributed by atoms with E-state index in [0.717, 1.165) is 23.5 Å². The average Bonchev–Trinajstić information content (AvgIpc) is 3.25. The highest BCUT2D eigenvalue weighted by Gasteiger charge is 2.38. The molecule has 0 saturated carbocycles. The zero-order valence-corrected chi connectivity index (χ0v) is 36.5. The van der Waals surface area contributed by atoms with E-state index in [2.05, 4.69) is 9.97 Å². The predicted octanol–water partition coefficient (Wildman–Crippen LogP) is 7.41. The lowest BCUT2D eigenvalue weighted by Gasteiger charge is -2.38. The van der Waals surface area contributed by atoms with Crippen LogP contribution in [0.25, 0.3) is 0 Å². The molecule has 0 aliphatic carbocycles. The Labute approximate surface area is 374 Å². The quantitative estimate of drug-likeness (QED) is 0.0969. The number of aromatic amines is 2. The highest BCUT2D eigenvalue weighted by Crippen LogP contribution is 2.43. The third-order valence-electron chi connectivity index (χ3n) is 10.9. The summed E-state index contributed by atoms with van der Waals surface area (Å²) in [5.41, 5.74) is -2.11. The summed E-state index contributed by atoms with van der Waals surface area (Å²) in [7, 11) is 0. The minimum atomic E-state index is -1.68. The highest BCUT2D eigenvalue weighted by molar-refractivity contribution is 6.42. The lowest BCUT2D eigenvalue weighted by Crippen LogP contribution is -2.48. The minimum Gasteiger partial charge on any atom is -0.506 e. The van der Waals surface area contributed by atoms with Gasteiger partial charge in [0.25, 0.3) is 11.1 Å². The topological polar surface area (TPSA) is 172 Å². The third-order valence-corrected chi connectivity index (χ3v) is 12.4. The number of rotatable bonds is 11. The summed E-state index contributed by atoms with van der Waals surface area (Å²) in [4.78, 5) is 69.5. The smallest absolute Gasteiger partial charge is 0.345 e. The number of carbonyl (C=O) groups excluding carboxylic acids is 2. The number of anilines is 4. The first-order chi connectivity index (χ1) is 29.7. The van der Waals surface area contributed by atoms with E-state index in [9.17, 15) is 33.8 Å². The third kappa shape index (κ3) is 8.85. The normalized spacial score (nSPS) is 14.4. The molecule has 14 nitrogen and oxygen atoms in total. The first kappa shape index (κ1) is 44.4. The Morgan fingerprint density at radius 3 is 1.34 bits per heavy atom. The number of aromatic nitrogens is 2. The second-order valence-corrected chi connectivity index (χ2v) is 16.1. The maximum Gasteiger partial charge on any atom is 0.345 e. The number of nitrogens with zero attached hydrogens (tertiary/aromatic N) is 4. The molecule has 0 radical (unpaired) electrons. The van der Waals surface area contributed by atoms with Crippen molar-refractivity contribution in [2.45, 2.75) is 19.8 Å². The largest absolute Gasteiger partial charge is 0.506 e. The summed E-state index contributed by atoms with van der Waals surface area (Å²) in [5.74, 6) is -6.07. The van der Waals surface area contributed by atoms with E-state index in [-0.39, 0.29) is 56.6 Å². The van der Waals surface area contributed by atoms with Crippen LogP contribution in [0.1, 0.15) is 57.2 Å². The number of benzene rings is 3. The maximum absolute atomic E-state index is 14.5. The van der Waals surface area contributed by atoms with Crippen LogP contribution in [-0.2, 0) is 9.47 Å². The lowest BCUT2D eigenvalue weighted by atomic mass is 9.83. The van der Waals surface area contributed by atoms with Gasteiger partial charge in [0, 0.05) is 63.7 Å². The fourth-order valence-electron chi connectivity index (χ4n) is 7.86. The molecule has 4 N–H and O–H groups in total. The first-order valence-electron chi connectivity index (χ1n) is 19.7. The van der Waals surface area contributed by atoms with Gasteiger partial charge in [0.05, 0.1) is 50.3 Å². The van der Waals surface area contributed by atoms with Gasteiger partial charge in [-0.1, -0.05) is 58.5 Å². The molecule has 0 bridgehead atoms. The van der Waals surface area contributed by atoms with E-state index in [1.54, 1.807) is 47.9 Å². The number of aromatic hydroxyl groups is 2. The van der Waals surface area contributed by atoms with Gasteiger partial charge in [0.15, 0.2) is 0 Å². The Morgan fingerprint density at radius 1 is 0.613 bits per heavy atom. The van der Waals surface area contributed by atoms with Crippen molar-refractivity contribution in [3.8, 4) is 11.5 Å². The summed E-state index contributed by atoms with van der Waals surface area (Å²) in [6.45, 7) is 5.72. The van der Waals surface area contributed by atoms with Crippen LogP contribution in [0.2, 0.25) is 20.1 Å². The van der Waals surface area contributed by atoms with E-state index in [1.807, 2.05) is 21.9 Å². The van der Waals surface area contributed by atoms with Crippen molar-refractivity contribution in [1.82, 2.24) is 9.97 Å². The van der Waals surface area contributed by atoms with Crippen LogP contribution in [0, 0.1) is 5.82 Å². The lowest BCUT2D eigenvalue weighted by molar-refractivity contribution is 0.0513. The first-order valence-corrected chi connectivity index (χ1v) is 21.2. The van der Waals surface area contributed by atoms with Crippen LogP contribution in [0.5, 0.6) is 11.5 Å². The van der Waals surface area contributed by atoms with E-state index < -0.39 is 68.5 Å². The van der Waals surface area contributed by atoms with Crippen molar-refractivity contribution >= 4 is 81.4 Å². The van der Waals surface area contributed by atoms with Crippen LogP contribution < -0.4 is 30.7 Å². The molecular formula is C43H41Cl4FN6O8. The SMILES string of the molecule is CCOC(=O)c1c(N2CCN(c3ccc(Cl)c(Cl)c3)CC2)[nH]c(=O)c(C(c2ccc(F)cc2)c2c(O)c(C(=O)OCC)c(N3CCN(c4ccc(Cl)c(Cl)c4)CC3)[nH]c2=O)c1O. The molecular weight excluding hydrogens is 889 g/mol. The van der Waals surface area contributed by atoms with Crippen LogP contribution in [0.4, 0.5) is 27.4 Å². The van der Waals surface area contributed by atoms with Gasteiger partial charge in [-0.25, -0.2) is 14.0 Å². The van der Waals surface area contributed by atoms with E-state index in [1.165, 1.54) is 12.1 Å². The monoisotopic (exact) mass is 928 g/mol. The van der Waals surface area contributed by atoms with Crippen molar-refractivity contribution in [3.05, 3.63) is 135 Å². The van der Waals surface area contributed by atoms with Crippen LogP contribution >= 0.6 is 46.4 Å². The highest BCUT2D eigenvalue weighted by atomic mass is 35.5. The second kappa shape index (κ2) is 18.8. The molecule has 7 rings (SSSR count). The van der Waals surface area contributed by atoms with Gasteiger partial charge < -0.3 is 49.3 Å². The van der Waals surface area contributed by atoms with Gasteiger partial charge in [0.2, 0.25) is 0 Å². The standard InChI is InChI=1S/C43H41Cl4FN6O8/c1-3-61-42(59)34-36(55)32(40(57)49-38(34)53-17-13-51(14-18-53)25-9-11-27(44)29(46)21-25)31(23-5-7-24(48)8-6-23)33-37(56)35(43(60)62-4-2)39(50-41(33)58)54-19-15-52(16-20-54)26-10-12-28(45)30(47)22-26/h5-12,21-22,31H,3-4,13-20H2,1-2H3,(H2,49,55,57)(H2,50,56,58). The van der Waals surface area contributed by atoms with Crippen molar-refractivity contribution in [3.63, 3.8) is 0 Å². The van der Waals surface area contributed by atoms with Crippen molar-refractivity contribution < 1.29 is 33.7 Å². The number of H-pyrrole nitrogens is 2. The Bertz CT molecular complexity index is 2470. The molecule has 0 unspecified atom stereocenters. The molecule has 2 saturated heterocycles. The Balaban J connectivity index is 1.33. The number of ether oxygens (including phenoxy) is 2. The Hall–Kier alpha value is -5.61. The molecule has 2 aliphatic rings. The fraction of sp³-hybridized carbons (Fsp3) is 0.302. The zero-order chi connectivity index (χ0) is 44.4. The molecule has 5 aromatic rings. The van der Waals surface area contributed by atoms with Crippen LogP contribution in [0.15, 0.2) is 70.3 Å². The molecule has 0 atom stereocenters. The van der Waals surface area contributed by atoms with Gasteiger partial charge in [-0.15, -0.1) is 0 Å². The minimum absolute atomic E-state index is 0.0398. The summed E-state index contributed by atoms with van der Waals surface area (Å²) in [6.07, 6.45) is 0. The Kier molecular flexibility index (Phi) is 13.5. The summed E-state index contributed by atoms with van der Waals surface area (Å²) >= 11 is 24.8. The van der Waals surface area contributed by atoms with Gasteiger partial charge in [0.1, 0.15) is 40.1 Å². The van der Waals surface area contributed by atoms with Gasteiger partial charge in [-0.05, 0) is 67.9 Å². The van der Waals surface area contributed by atoms with E-state index in [4.69, 9.17) is 55.9 Å². The van der Waals surface area contributed by atoms with Gasteiger partial charge in [-0.2, -0.15) is 0 Å². The van der Waals surface area contributed by atoms with Gasteiger partial charge in [-0.3, -0.25) is 9.59 Å². The van der Waals surface area contributed by atoms with Crippen LogP contribution in [0.3, 0.4) is 0 Å². The van der Waals surface area contributed by atoms with Crippen molar-refractivity contribution in [2.75, 3.05) is 85.2 Å². The molecule has 2 aliphatic heterocycles. The molecule has 0 spiro atoms. The molecule has 326 valence electrons. The zero-order valence-electron chi connectivity index (χ0n) is 33.4. The van der Waals surface area contributed by atoms with Crippen molar-refractivity contribution in [1.29, 1.82) is 0 Å². The number of carbonyl (C=O) groups is 2. The Morgan fingerprint density at radius 2 is 0.984 bits per heavy atom. The number of halogens is 5. The number of hydrogen-bond donors (Lipinski definition) is 4. The van der Waals surface area contributed by atoms with Crippen molar-refractivity contribution in [2.24, 2.45) is 0 Å². The molecule has 3 aromatic carbocycles. The molecule has 0 amide bonds. The second-order valence-electron chi connectivity index (χ2n) is 14.5. The molecule has 2 fully saturated rings. The fourth-order valence-corrected chi connectivity index (χ4v) is 8.44. The number of hydrogen-bond acceptors (Lipinski definition) is 12. The summed E-state index contributed by atoms with van der Waals surface area (Å²) in [5, 5.41) is 25.9. The molecule has 4 heterocycles. The predicted molar refractivity (Wildman–Crippen MR) is 238 cm³/mol. The average molecular weight is 931 g/mol. The maximum atomic E-state index is 14.5. The molecule has 2 aromatic heterocycles. The molecule has 62 heavy (non-hydrogen) atoms. The van der Waals surface area contributed by atoms with Crippen LogP contribution in [-0.4, -0.2) is 97.7 Å².